The van der Waals surface area contributed by atoms with E-state index in [1.165, 1.54) is 16.7 Å². The summed E-state index contributed by atoms with van der Waals surface area (Å²) in [6, 6.07) is 14.7. The Morgan fingerprint density at radius 1 is 1.00 bits per heavy atom. The summed E-state index contributed by atoms with van der Waals surface area (Å²) >= 11 is 3.43. The van der Waals surface area contributed by atoms with Crippen molar-refractivity contribution in [2.75, 3.05) is 5.32 Å². The van der Waals surface area contributed by atoms with Crippen molar-refractivity contribution in [1.82, 2.24) is 0 Å². The molecule has 0 amide bonds. The summed E-state index contributed by atoms with van der Waals surface area (Å²) in [5.41, 5.74) is 5.22. The monoisotopic (exact) mass is 289 g/mol. The molecule has 1 nitrogen and oxygen atoms in total. The maximum atomic E-state index is 3.44. The minimum absolute atomic E-state index is 0.870. The van der Waals surface area contributed by atoms with Gasteiger partial charge in [0.1, 0.15) is 0 Å². The van der Waals surface area contributed by atoms with Crippen LogP contribution >= 0.6 is 15.9 Å². The second-order valence-corrected chi connectivity index (χ2v) is 5.14. The molecule has 88 valence electrons. The van der Waals surface area contributed by atoms with Crippen molar-refractivity contribution in [3.05, 3.63) is 63.6 Å². The zero-order chi connectivity index (χ0) is 12.3. The molecule has 0 aromatic heterocycles. The third-order valence-electron chi connectivity index (χ3n) is 3.04. The summed E-state index contributed by atoms with van der Waals surface area (Å²) in [6.07, 6.45) is 0. The minimum atomic E-state index is 0.870. The molecule has 0 radical (unpaired) electrons. The quantitative estimate of drug-likeness (QED) is 0.865. The van der Waals surface area contributed by atoms with E-state index in [2.05, 4.69) is 65.4 Å². The lowest BCUT2D eigenvalue weighted by Gasteiger charge is -2.10. The van der Waals surface area contributed by atoms with Gasteiger partial charge < -0.3 is 5.32 Å². The number of halogens is 1. The van der Waals surface area contributed by atoms with E-state index in [4.69, 9.17) is 0 Å². The molecule has 0 bridgehead atoms. The van der Waals surface area contributed by atoms with Crippen LogP contribution < -0.4 is 5.32 Å². The van der Waals surface area contributed by atoms with Crippen LogP contribution in [0.2, 0.25) is 0 Å². The highest BCUT2D eigenvalue weighted by atomic mass is 79.9. The van der Waals surface area contributed by atoms with E-state index in [0.29, 0.717) is 0 Å². The van der Waals surface area contributed by atoms with Crippen molar-refractivity contribution < 1.29 is 0 Å². The third-order valence-corrected chi connectivity index (χ3v) is 3.57. The van der Waals surface area contributed by atoms with E-state index in [1.54, 1.807) is 0 Å². The van der Waals surface area contributed by atoms with Crippen LogP contribution in [0.3, 0.4) is 0 Å². The van der Waals surface area contributed by atoms with Gasteiger partial charge in [0.05, 0.1) is 0 Å². The largest absolute Gasteiger partial charge is 0.381 e. The normalized spacial score (nSPS) is 10.3. The SMILES string of the molecule is Cc1cccc(CNc2ccc(Br)cc2)c1C. The van der Waals surface area contributed by atoms with E-state index in [-0.39, 0.29) is 0 Å². The van der Waals surface area contributed by atoms with Gasteiger partial charge in [-0.2, -0.15) is 0 Å². The first-order chi connectivity index (χ1) is 8.16. The first-order valence-corrected chi connectivity index (χ1v) is 6.50. The molecule has 0 unspecified atom stereocenters. The van der Waals surface area contributed by atoms with E-state index < -0.39 is 0 Å². The van der Waals surface area contributed by atoms with Crippen LogP contribution in [0, 0.1) is 13.8 Å². The maximum Gasteiger partial charge on any atom is 0.0403 e. The number of nitrogens with one attached hydrogen (secondary N) is 1. The fourth-order valence-electron chi connectivity index (χ4n) is 1.77. The van der Waals surface area contributed by atoms with Crippen molar-refractivity contribution in [2.24, 2.45) is 0 Å². The average Bonchev–Trinajstić information content (AvgIpc) is 2.33. The minimum Gasteiger partial charge on any atom is -0.381 e. The number of aryl methyl sites for hydroxylation is 1. The molecular formula is C15H16BrN. The molecule has 0 saturated carbocycles. The molecule has 0 aliphatic heterocycles. The lowest BCUT2D eigenvalue weighted by Crippen LogP contribution is -2.01. The van der Waals surface area contributed by atoms with Crippen LogP contribution in [0.15, 0.2) is 46.9 Å². The van der Waals surface area contributed by atoms with Crippen molar-refractivity contribution >= 4 is 21.6 Å². The number of hydrogen-bond acceptors (Lipinski definition) is 1. The molecule has 2 aromatic rings. The van der Waals surface area contributed by atoms with Crippen LogP contribution in [-0.2, 0) is 6.54 Å². The topological polar surface area (TPSA) is 12.0 Å². The highest BCUT2D eigenvalue weighted by Crippen LogP contribution is 2.17. The van der Waals surface area contributed by atoms with Crippen molar-refractivity contribution in [1.29, 1.82) is 0 Å². The van der Waals surface area contributed by atoms with Crippen LogP contribution in [0.1, 0.15) is 16.7 Å². The number of rotatable bonds is 3. The van der Waals surface area contributed by atoms with Gasteiger partial charge in [-0.05, 0) is 54.8 Å². The zero-order valence-corrected chi connectivity index (χ0v) is 11.7. The highest BCUT2D eigenvalue weighted by molar-refractivity contribution is 9.10. The van der Waals surface area contributed by atoms with Crippen molar-refractivity contribution in [3.8, 4) is 0 Å². The first kappa shape index (κ1) is 12.2. The van der Waals surface area contributed by atoms with Crippen LogP contribution in [0.5, 0.6) is 0 Å². The zero-order valence-electron chi connectivity index (χ0n) is 10.1. The number of benzene rings is 2. The standard InChI is InChI=1S/C15H16BrN/c1-11-4-3-5-13(12(11)2)10-17-15-8-6-14(16)7-9-15/h3-9,17H,10H2,1-2H3. The Labute approximate surface area is 111 Å². The van der Waals surface area contributed by atoms with Crippen LogP contribution in [0.25, 0.3) is 0 Å². The summed E-state index contributed by atoms with van der Waals surface area (Å²) in [5.74, 6) is 0. The number of hydrogen-bond donors (Lipinski definition) is 1. The molecule has 0 atom stereocenters. The smallest absolute Gasteiger partial charge is 0.0403 e. The molecule has 0 spiro atoms. The second-order valence-electron chi connectivity index (χ2n) is 4.22. The number of anilines is 1. The van der Waals surface area contributed by atoms with Gasteiger partial charge in [0.15, 0.2) is 0 Å². The van der Waals surface area contributed by atoms with Gasteiger partial charge in [-0.3, -0.25) is 0 Å². The Bertz CT molecular complexity index is 503. The Morgan fingerprint density at radius 2 is 1.71 bits per heavy atom. The highest BCUT2D eigenvalue weighted by Gasteiger charge is 2.00. The Hall–Kier alpha value is -1.28. The predicted octanol–water partition coefficient (Wildman–Crippen LogP) is 4.68. The van der Waals surface area contributed by atoms with Crippen molar-refractivity contribution in [3.63, 3.8) is 0 Å². The van der Waals surface area contributed by atoms with Gasteiger partial charge in [0, 0.05) is 16.7 Å². The second kappa shape index (κ2) is 5.37. The summed E-state index contributed by atoms with van der Waals surface area (Å²) in [5, 5.41) is 3.44. The fourth-order valence-corrected chi connectivity index (χ4v) is 2.03. The lowest BCUT2D eigenvalue weighted by atomic mass is 10.0. The van der Waals surface area contributed by atoms with E-state index in [9.17, 15) is 0 Å². The molecule has 0 aliphatic rings. The molecule has 0 aliphatic carbocycles. The fraction of sp³-hybridized carbons (Fsp3) is 0.200. The molecule has 17 heavy (non-hydrogen) atoms. The van der Waals surface area contributed by atoms with Gasteiger partial charge >= 0.3 is 0 Å². The van der Waals surface area contributed by atoms with Crippen molar-refractivity contribution in [2.45, 2.75) is 20.4 Å². The van der Waals surface area contributed by atoms with E-state index in [1.807, 2.05) is 12.1 Å². The third kappa shape index (κ3) is 3.10. The average molecular weight is 290 g/mol. The van der Waals surface area contributed by atoms with E-state index in [0.717, 1.165) is 16.7 Å². The van der Waals surface area contributed by atoms with Gasteiger partial charge in [-0.15, -0.1) is 0 Å². The molecule has 2 aromatic carbocycles. The molecule has 0 fully saturated rings. The van der Waals surface area contributed by atoms with Gasteiger partial charge in [0.2, 0.25) is 0 Å². The molecule has 2 heteroatoms. The summed E-state index contributed by atoms with van der Waals surface area (Å²) < 4.78 is 1.11. The predicted molar refractivity (Wildman–Crippen MR) is 77.4 cm³/mol. The Morgan fingerprint density at radius 3 is 2.41 bits per heavy atom. The lowest BCUT2D eigenvalue weighted by molar-refractivity contribution is 1.10. The molecule has 0 heterocycles. The van der Waals surface area contributed by atoms with Crippen LogP contribution in [-0.4, -0.2) is 0 Å². The van der Waals surface area contributed by atoms with Gasteiger partial charge in [-0.25, -0.2) is 0 Å². The molecule has 1 N–H and O–H groups in total. The Kier molecular flexibility index (Phi) is 3.85. The Balaban J connectivity index is 2.07. The molecule has 2 rings (SSSR count). The van der Waals surface area contributed by atoms with E-state index >= 15 is 0 Å². The maximum absolute atomic E-state index is 3.44. The summed E-state index contributed by atoms with van der Waals surface area (Å²) in [6.45, 7) is 5.20. The molecule has 0 saturated heterocycles. The summed E-state index contributed by atoms with van der Waals surface area (Å²) in [7, 11) is 0. The first-order valence-electron chi connectivity index (χ1n) is 5.71. The van der Waals surface area contributed by atoms with Gasteiger partial charge in [-0.1, -0.05) is 34.1 Å². The molecular weight excluding hydrogens is 274 g/mol. The van der Waals surface area contributed by atoms with Gasteiger partial charge in [0.25, 0.3) is 0 Å². The van der Waals surface area contributed by atoms with Crippen LogP contribution in [0.4, 0.5) is 5.69 Å². The summed E-state index contributed by atoms with van der Waals surface area (Å²) in [4.78, 5) is 0.